The summed E-state index contributed by atoms with van der Waals surface area (Å²) in [4.78, 5) is 6.98. The number of likely N-dealkylation sites (N-methyl/N-ethyl adjacent to an activating group) is 1. The van der Waals surface area contributed by atoms with Gasteiger partial charge in [-0.25, -0.2) is 0 Å². The van der Waals surface area contributed by atoms with Crippen LogP contribution in [-0.2, 0) is 6.54 Å². The Kier molecular flexibility index (Phi) is 8.90. The van der Waals surface area contributed by atoms with Crippen molar-refractivity contribution in [3.63, 3.8) is 0 Å². The van der Waals surface area contributed by atoms with Crippen LogP contribution in [0.3, 0.4) is 0 Å². The molecular formula is C16H31IN6. The summed E-state index contributed by atoms with van der Waals surface area (Å²) in [5, 5.41) is 7.66. The van der Waals surface area contributed by atoms with Gasteiger partial charge in [0.05, 0.1) is 12.2 Å². The Balaban J connectivity index is 0.00000264. The monoisotopic (exact) mass is 434 g/mol. The van der Waals surface area contributed by atoms with Gasteiger partial charge in [-0.3, -0.25) is 14.6 Å². The smallest absolute Gasteiger partial charge is 0.188 e. The second kappa shape index (κ2) is 10.1. The molecule has 0 spiro atoms. The molecule has 1 aromatic rings. The second-order valence-corrected chi connectivity index (χ2v) is 6.08. The number of halogens is 1. The Bertz CT molecular complexity index is 499. The predicted octanol–water partition coefficient (Wildman–Crippen LogP) is 1.90. The summed E-state index contributed by atoms with van der Waals surface area (Å²) in [5.41, 5.74) is 8.23. The number of likely N-dealkylation sites (tertiary alicyclic amines) is 1. The number of aryl methyl sites for hydroxylation is 3. The van der Waals surface area contributed by atoms with Crippen LogP contribution >= 0.6 is 24.0 Å². The first kappa shape index (κ1) is 20.2. The fourth-order valence-electron chi connectivity index (χ4n) is 3.12. The van der Waals surface area contributed by atoms with Crippen LogP contribution in [0.5, 0.6) is 0 Å². The van der Waals surface area contributed by atoms with Crippen molar-refractivity contribution in [2.24, 2.45) is 10.7 Å². The number of aliphatic imine (C=N–C) groups is 1. The lowest BCUT2D eigenvalue weighted by Crippen LogP contribution is -2.36. The molecule has 0 bridgehead atoms. The van der Waals surface area contributed by atoms with Crippen LogP contribution in [0.25, 0.3) is 0 Å². The van der Waals surface area contributed by atoms with E-state index in [0.717, 1.165) is 38.3 Å². The van der Waals surface area contributed by atoms with Crippen LogP contribution in [-0.4, -0.2) is 52.9 Å². The molecule has 1 unspecified atom stereocenters. The van der Waals surface area contributed by atoms with E-state index in [1.54, 1.807) is 0 Å². The minimum Gasteiger partial charge on any atom is -0.370 e. The van der Waals surface area contributed by atoms with E-state index in [1.807, 2.05) is 11.6 Å². The number of nitrogens with two attached hydrogens (primary N) is 1. The van der Waals surface area contributed by atoms with Gasteiger partial charge in [-0.2, -0.15) is 5.10 Å². The van der Waals surface area contributed by atoms with E-state index in [0.29, 0.717) is 12.0 Å². The Labute approximate surface area is 156 Å². The molecule has 3 N–H and O–H groups in total. The minimum atomic E-state index is 0. The van der Waals surface area contributed by atoms with Crippen molar-refractivity contribution in [2.45, 2.75) is 52.6 Å². The first-order chi connectivity index (χ1) is 10.6. The Hall–Kier alpha value is -0.830. The first-order valence-electron chi connectivity index (χ1n) is 8.39. The summed E-state index contributed by atoms with van der Waals surface area (Å²) in [6, 6.07) is 2.67. The van der Waals surface area contributed by atoms with Crippen LogP contribution in [0.1, 0.15) is 37.6 Å². The summed E-state index contributed by atoms with van der Waals surface area (Å²) in [5.74, 6) is 0.566. The van der Waals surface area contributed by atoms with Crippen LogP contribution in [0.4, 0.5) is 0 Å². The lowest BCUT2D eigenvalue weighted by Gasteiger charge is -2.20. The lowest BCUT2D eigenvalue weighted by molar-refractivity contribution is 0.273. The number of hydrogen-bond donors (Lipinski definition) is 2. The van der Waals surface area contributed by atoms with Gasteiger partial charge in [-0.1, -0.05) is 6.92 Å². The van der Waals surface area contributed by atoms with Crippen molar-refractivity contribution < 1.29 is 0 Å². The maximum absolute atomic E-state index is 5.95. The van der Waals surface area contributed by atoms with Gasteiger partial charge in [0, 0.05) is 24.8 Å². The zero-order chi connectivity index (χ0) is 15.9. The summed E-state index contributed by atoms with van der Waals surface area (Å²) >= 11 is 0. The second-order valence-electron chi connectivity index (χ2n) is 6.08. The molecule has 7 heteroatoms. The number of rotatable bonds is 7. The molecule has 6 nitrogen and oxygen atoms in total. The summed E-state index contributed by atoms with van der Waals surface area (Å²) < 4.78 is 2.04. The zero-order valence-electron chi connectivity index (χ0n) is 14.6. The van der Waals surface area contributed by atoms with E-state index < -0.39 is 0 Å². The van der Waals surface area contributed by atoms with Gasteiger partial charge in [0.2, 0.25) is 0 Å². The lowest BCUT2D eigenvalue weighted by atomic mass is 10.2. The molecule has 2 rings (SSSR count). The predicted molar refractivity (Wildman–Crippen MR) is 106 cm³/mol. The van der Waals surface area contributed by atoms with Crippen molar-refractivity contribution in [3.8, 4) is 0 Å². The van der Waals surface area contributed by atoms with E-state index >= 15 is 0 Å². The third-order valence-electron chi connectivity index (χ3n) is 4.33. The molecule has 0 aromatic carbocycles. The average molecular weight is 434 g/mol. The Morgan fingerprint density at radius 3 is 2.91 bits per heavy atom. The highest BCUT2D eigenvalue weighted by Gasteiger charge is 2.22. The number of aromatic nitrogens is 2. The molecule has 0 aliphatic carbocycles. The molecule has 1 aromatic heterocycles. The summed E-state index contributed by atoms with van der Waals surface area (Å²) in [6.45, 7) is 11.2. The number of nitrogens with zero attached hydrogens (tertiary/aromatic N) is 4. The molecule has 0 radical (unpaired) electrons. The highest BCUT2D eigenvalue weighted by Crippen LogP contribution is 2.16. The highest BCUT2D eigenvalue weighted by atomic mass is 127. The van der Waals surface area contributed by atoms with Gasteiger partial charge in [0.1, 0.15) is 0 Å². The molecule has 1 saturated heterocycles. The van der Waals surface area contributed by atoms with E-state index in [2.05, 4.69) is 40.2 Å². The standard InChI is InChI=1S/C16H30N6.HI/c1-4-21-9-5-7-15(21)12-19-16(17)18-8-6-10-22-14(3)11-13(2)20-22;/h11,15H,4-10,12H2,1-3H3,(H3,17,18,19);1H. The largest absolute Gasteiger partial charge is 0.370 e. The van der Waals surface area contributed by atoms with Gasteiger partial charge >= 0.3 is 0 Å². The molecular weight excluding hydrogens is 403 g/mol. The minimum absolute atomic E-state index is 0. The average Bonchev–Trinajstić information content (AvgIpc) is 3.07. The first-order valence-corrected chi connectivity index (χ1v) is 8.39. The number of nitrogens with one attached hydrogen (secondary N) is 1. The summed E-state index contributed by atoms with van der Waals surface area (Å²) in [7, 11) is 0. The normalized spacial score (nSPS) is 18.9. The van der Waals surface area contributed by atoms with Gasteiger partial charge in [0.15, 0.2) is 5.96 Å². The third-order valence-corrected chi connectivity index (χ3v) is 4.33. The van der Waals surface area contributed by atoms with Crippen molar-refractivity contribution in [1.82, 2.24) is 20.0 Å². The quantitative estimate of drug-likeness (QED) is 0.298. The van der Waals surface area contributed by atoms with E-state index in [9.17, 15) is 0 Å². The molecule has 1 fully saturated rings. The molecule has 0 amide bonds. The van der Waals surface area contributed by atoms with Gasteiger partial charge < -0.3 is 11.1 Å². The van der Waals surface area contributed by atoms with E-state index in [1.165, 1.54) is 25.1 Å². The highest BCUT2D eigenvalue weighted by molar-refractivity contribution is 14.0. The molecule has 0 saturated carbocycles. The van der Waals surface area contributed by atoms with Crippen LogP contribution < -0.4 is 11.1 Å². The maximum Gasteiger partial charge on any atom is 0.188 e. The van der Waals surface area contributed by atoms with Crippen LogP contribution in [0.15, 0.2) is 11.1 Å². The fraction of sp³-hybridized carbons (Fsp3) is 0.750. The van der Waals surface area contributed by atoms with Crippen molar-refractivity contribution >= 4 is 29.9 Å². The van der Waals surface area contributed by atoms with Gasteiger partial charge in [-0.15, -0.1) is 24.0 Å². The number of hydrogen-bond acceptors (Lipinski definition) is 3. The molecule has 1 atom stereocenters. The van der Waals surface area contributed by atoms with Crippen molar-refractivity contribution in [3.05, 3.63) is 17.5 Å². The molecule has 132 valence electrons. The molecule has 1 aliphatic heterocycles. The fourth-order valence-corrected chi connectivity index (χ4v) is 3.12. The van der Waals surface area contributed by atoms with Crippen LogP contribution in [0.2, 0.25) is 0 Å². The van der Waals surface area contributed by atoms with E-state index in [4.69, 9.17) is 5.73 Å². The van der Waals surface area contributed by atoms with Gasteiger partial charge in [-0.05, 0) is 52.3 Å². The maximum atomic E-state index is 5.95. The van der Waals surface area contributed by atoms with Crippen molar-refractivity contribution in [2.75, 3.05) is 26.2 Å². The van der Waals surface area contributed by atoms with Gasteiger partial charge in [0.25, 0.3) is 0 Å². The SMILES string of the molecule is CCN1CCCC1CN=C(N)NCCCn1nc(C)cc1C.I. The van der Waals surface area contributed by atoms with Crippen LogP contribution in [0, 0.1) is 13.8 Å². The van der Waals surface area contributed by atoms with E-state index in [-0.39, 0.29) is 24.0 Å². The molecule has 1 aliphatic rings. The topological polar surface area (TPSA) is 71.5 Å². The zero-order valence-corrected chi connectivity index (χ0v) is 16.9. The molecule has 2 heterocycles. The third kappa shape index (κ3) is 6.29. The number of guanidine groups is 1. The van der Waals surface area contributed by atoms with Crippen molar-refractivity contribution in [1.29, 1.82) is 0 Å². The Morgan fingerprint density at radius 1 is 1.48 bits per heavy atom. The Morgan fingerprint density at radius 2 is 2.26 bits per heavy atom. The molecule has 23 heavy (non-hydrogen) atoms. The summed E-state index contributed by atoms with van der Waals surface area (Å²) in [6.07, 6.45) is 3.51.